The van der Waals surface area contributed by atoms with Crippen molar-refractivity contribution in [2.45, 2.75) is 26.1 Å². The van der Waals surface area contributed by atoms with Crippen molar-refractivity contribution in [1.29, 1.82) is 5.26 Å². The lowest BCUT2D eigenvalue weighted by molar-refractivity contribution is -0.0453. The van der Waals surface area contributed by atoms with Crippen molar-refractivity contribution in [2.24, 2.45) is 0 Å². The molecule has 0 aromatic heterocycles. The number of nitriles is 1. The van der Waals surface area contributed by atoms with Crippen LogP contribution in [0.4, 0.5) is 0 Å². The molecule has 14 heavy (non-hydrogen) atoms. The topological polar surface area (TPSA) is 64.2 Å². The van der Waals surface area contributed by atoms with Gasteiger partial charge in [-0.3, -0.25) is 0 Å². The number of allylic oxidation sites excluding steroid dienone is 3. The van der Waals surface area contributed by atoms with E-state index >= 15 is 0 Å². The Hall–Kier alpha value is -1.37. The van der Waals surface area contributed by atoms with Gasteiger partial charge in [-0.05, 0) is 6.42 Å². The molecule has 0 amide bonds. The minimum absolute atomic E-state index is 0.486. The molecule has 0 unspecified atom stereocenters. The molecule has 0 spiro atoms. The molecule has 0 aromatic rings. The second kappa shape index (κ2) is 22.6. The highest BCUT2D eigenvalue weighted by Gasteiger charge is 1.89. The number of aliphatic hydroxyl groups excluding tert-OH is 1. The lowest BCUT2D eigenvalue weighted by atomic mass is 10.3. The van der Waals surface area contributed by atoms with Crippen LogP contribution in [0.15, 0.2) is 38.0 Å². The molecule has 3 nitrogen and oxygen atoms in total. The number of nitrogens with zero attached hydrogens (tertiary/aromatic N) is 1. The second-order valence-electron chi connectivity index (χ2n) is 2.07. The van der Waals surface area contributed by atoms with Crippen LogP contribution in [-0.4, -0.2) is 16.5 Å². The van der Waals surface area contributed by atoms with Crippen molar-refractivity contribution >= 4 is 0 Å². The fourth-order valence-corrected chi connectivity index (χ4v) is 0.258. The van der Waals surface area contributed by atoms with Gasteiger partial charge in [0.05, 0.1) is 6.07 Å². The molecule has 0 bridgehead atoms. The number of aliphatic hydroxyl groups is 2. The van der Waals surface area contributed by atoms with Gasteiger partial charge in [0, 0.05) is 6.08 Å². The van der Waals surface area contributed by atoms with E-state index < -0.39 is 6.29 Å². The van der Waals surface area contributed by atoms with E-state index in [0.717, 1.165) is 6.42 Å². The maximum Gasteiger partial charge on any atom is 0.151 e. The molecule has 3 heteroatoms. The summed E-state index contributed by atoms with van der Waals surface area (Å²) in [6, 6.07) is 1.69. The van der Waals surface area contributed by atoms with Crippen LogP contribution < -0.4 is 0 Å². The maximum atomic E-state index is 8.11. The zero-order chi connectivity index (χ0) is 11.8. The summed E-state index contributed by atoms with van der Waals surface area (Å²) in [6.07, 6.45) is 4.67. The first kappa shape index (κ1) is 18.4. The summed E-state index contributed by atoms with van der Waals surface area (Å²) >= 11 is 0. The third-order valence-corrected chi connectivity index (χ3v) is 0.805. The minimum atomic E-state index is -1.10. The van der Waals surface area contributed by atoms with Gasteiger partial charge in [-0.25, -0.2) is 0 Å². The van der Waals surface area contributed by atoms with Crippen LogP contribution in [0.25, 0.3) is 0 Å². The average molecular weight is 197 g/mol. The van der Waals surface area contributed by atoms with Crippen LogP contribution in [0.5, 0.6) is 0 Å². The second-order valence-corrected chi connectivity index (χ2v) is 2.07. The van der Waals surface area contributed by atoms with Crippen molar-refractivity contribution in [2.75, 3.05) is 0 Å². The molecule has 0 saturated carbocycles. The Morgan fingerprint density at radius 1 is 1.29 bits per heavy atom. The quantitative estimate of drug-likeness (QED) is 0.414. The van der Waals surface area contributed by atoms with Crippen LogP contribution in [0.3, 0.4) is 0 Å². The maximum absolute atomic E-state index is 8.11. The third-order valence-electron chi connectivity index (χ3n) is 0.805. The molecule has 0 fully saturated rings. The standard InChI is InChI=1S/C4H10O2.C4H6.C3H3N/c1-2-3-4(5)6;1-3-4-2;1-2-3-4/h4-6H,2-3H2,1H3;3-4H,1-2H2;2H,1H2. The molecule has 80 valence electrons. The van der Waals surface area contributed by atoms with Gasteiger partial charge >= 0.3 is 0 Å². The smallest absolute Gasteiger partial charge is 0.151 e. The van der Waals surface area contributed by atoms with Gasteiger partial charge in [-0.1, -0.05) is 45.2 Å². The normalized spacial score (nSPS) is 6.79. The molecule has 0 aliphatic heterocycles. The highest BCUT2D eigenvalue weighted by Crippen LogP contribution is 1.88. The molecule has 0 radical (unpaired) electrons. The van der Waals surface area contributed by atoms with Crippen molar-refractivity contribution in [3.63, 3.8) is 0 Å². The van der Waals surface area contributed by atoms with Gasteiger partial charge in [-0.15, -0.1) is 0 Å². The van der Waals surface area contributed by atoms with Gasteiger partial charge in [0.1, 0.15) is 0 Å². The lowest BCUT2D eigenvalue weighted by Crippen LogP contribution is -2.01. The molecule has 0 aliphatic carbocycles. The molecular weight excluding hydrogens is 178 g/mol. The Balaban J connectivity index is -0.000000135. The van der Waals surface area contributed by atoms with Crippen LogP contribution in [0.1, 0.15) is 19.8 Å². The van der Waals surface area contributed by atoms with E-state index in [2.05, 4.69) is 19.7 Å². The van der Waals surface area contributed by atoms with Crippen LogP contribution >= 0.6 is 0 Å². The first-order valence-corrected chi connectivity index (χ1v) is 4.20. The van der Waals surface area contributed by atoms with E-state index in [1.165, 1.54) is 6.08 Å². The highest BCUT2D eigenvalue weighted by molar-refractivity contribution is 4.93. The van der Waals surface area contributed by atoms with E-state index in [1.54, 1.807) is 18.2 Å². The zero-order valence-corrected chi connectivity index (χ0v) is 8.69. The Kier molecular flexibility index (Phi) is 29.7. The Bertz CT molecular complexity index is 163. The van der Waals surface area contributed by atoms with Gasteiger partial charge in [-0.2, -0.15) is 5.26 Å². The van der Waals surface area contributed by atoms with E-state index in [1.807, 2.05) is 6.92 Å². The summed E-state index contributed by atoms with van der Waals surface area (Å²) in [6.45, 7) is 11.7. The fraction of sp³-hybridized carbons (Fsp3) is 0.364. The monoisotopic (exact) mass is 197 g/mol. The average Bonchev–Trinajstić information content (AvgIpc) is 2.18. The summed E-state index contributed by atoms with van der Waals surface area (Å²) in [4.78, 5) is 0. The summed E-state index contributed by atoms with van der Waals surface area (Å²) in [5, 5.41) is 23.7. The number of rotatable bonds is 3. The van der Waals surface area contributed by atoms with Crippen LogP contribution in [0, 0.1) is 11.3 Å². The minimum Gasteiger partial charge on any atom is -0.368 e. The molecule has 0 saturated heterocycles. The predicted octanol–water partition coefficient (Wildman–Crippen LogP) is 2.15. The van der Waals surface area contributed by atoms with Crippen LogP contribution in [-0.2, 0) is 0 Å². The largest absolute Gasteiger partial charge is 0.368 e. The third kappa shape index (κ3) is 74.8. The van der Waals surface area contributed by atoms with Gasteiger partial charge in [0.2, 0.25) is 0 Å². The van der Waals surface area contributed by atoms with E-state index in [4.69, 9.17) is 15.5 Å². The first-order chi connectivity index (χ1) is 6.60. The molecule has 2 N–H and O–H groups in total. The van der Waals surface area contributed by atoms with E-state index in [9.17, 15) is 0 Å². The Morgan fingerprint density at radius 2 is 1.64 bits per heavy atom. The van der Waals surface area contributed by atoms with Gasteiger partial charge < -0.3 is 10.2 Å². The molecule has 0 heterocycles. The first-order valence-electron chi connectivity index (χ1n) is 4.20. The predicted molar refractivity (Wildman–Crippen MR) is 59.3 cm³/mol. The van der Waals surface area contributed by atoms with Crippen molar-refractivity contribution in [3.05, 3.63) is 38.0 Å². The molecule has 0 rings (SSSR count). The molecule has 0 aromatic carbocycles. The van der Waals surface area contributed by atoms with E-state index in [-0.39, 0.29) is 0 Å². The SMILES string of the molecule is C=CC#N.C=CC=C.CCCC(O)O. The van der Waals surface area contributed by atoms with E-state index in [0.29, 0.717) is 6.42 Å². The summed E-state index contributed by atoms with van der Waals surface area (Å²) in [5.74, 6) is 0. The molecular formula is C11H19NO2. The van der Waals surface area contributed by atoms with Crippen molar-refractivity contribution < 1.29 is 10.2 Å². The van der Waals surface area contributed by atoms with Crippen molar-refractivity contribution in [1.82, 2.24) is 0 Å². The van der Waals surface area contributed by atoms with Gasteiger partial charge in [0.15, 0.2) is 6.29 Å². The van der Waals surface area contributed by atoms with Crippen molar-refractivity contribution in [3.8, 4) is 6.07 Å². The van der Waals surface area contributed by atoms with Gasteiger partial charge in [0.25, 0.3) is 0 Å². The number of hydrogen-bond donors (Lipinski definition) is 2. The number of hydrogen-bond acceptors (Lipinski definition) is 3. The molecule has 0 atom stereocenters. The molecule has 0 aliphatic rings. The van der Waals surface area contributed by atoms with Crippen LogP contribution in [0.2, 0.25) is 0 Å². The lowest BCUT2D eigenvalue weighted by Gasteiger charge is -1.94. The Labute approximate surface area is 86.3 Å². The zero-order valence-electron chi connectivity index (χ0n) is 8.69. The fourth-order valence-electron chi connectivity index (χ4n) is 0.258. The Morgan fingerprint density at radius 3 is 1.64 bits per heavy atom. The summed E-state index contributed by atoms with van der Waals surface area (Å²) in [7, 11) is 0. The summed E-state index contributed by atoms with van der Waals surface area (Å²) < 4.78 is 0. The highest BCUT2D eigenvalue weighted by atomic mass is 16.5. The summed E-state index contributed by atoms with van der Waals surface area (Å²) in [5.41, 5.74) is 0.